The van der Waals surface area contributed by atoms with Gasteiger partial charge in [0, 0.05) is 18.7 Å². The number of ether oxygens (including phenoxy) is 2. The van der Waals surface area contributed by atoms with E-state index in [1.807, 2.05) is 18.4 Å². The normalized spacial score (nSPS) is 17.6. The molecule has 2 aromatic heterocycles. The van der Waals surface area contributed by atoms with Crippen molar-refractivity contribution in [1.82, 2.24) is 24.6 Å². The Labute approximate surface area is 190 Å². The third-order valence-electron chi connectivity index (χ3n) is 5.76. The highest BCUT2D eigenvalue weighted by molar-refractivity contribution is 6.04. The van der Waals surface area contributed by atoms with E-state index in [0.717, 1.165) is 19.6 Å². The number of carbonyl (C=O) groups is 1. The van der Waals surface area contributed by atoms with Gasteiger partial charge in [-0.2, -0.15) is 0 Å². The SMILES string of the molecule is CC(C)n1cnnc1-c1cccc(NC(=O)c2cc3c(cc2F)OC(CN2CCC2)CO3)n1. The summed E-state index contributed by atoms with van der Waals surface area (Å²) in [6.45, 7) is 7.22. The highest BCUT2D eigenvalue weighted by Gasteiger charge is 2.28. The molecule has 172 valence electrons. The number of nitrogens with zero attached hydrogens (tertiary/aromatic N) is 5. The van der Waals surface area contributed by atoms with Crippen molar-refractivity contribution in [2.24, 2.45) is 0 Å². The van der Waals surface area contributed by atoms with Gasteiger partial charge in [0.25, 0.3) is 5.91 Å². The first kappa shape index (κ1) is 21.3. The van der Waals surface area contributed by atoms with Crippen LogP contribution in [0, 0.1) is 5.82 Å². The molecule has 1 amide bonds. The Kier molecular flexibility index (Phi) is 5.67. The van der Waals surface area contributed by atoms with E-state index in [-0.39, 0.29) is 23.5 Å². The van der Waals surface area contributed by atoms with Gasteiger partial charge < -0.3 is 19.4 Å². The summed E-state index contributed by atoms with van der Waals surface area (Å²) in [6, 6.07) is 7.89. The van der Waals surface area contributed by atoms with E-state index in [0.29, 0.717) is 29.6 Å². The fraction of sp³-hybridized carbons (Fsp3) is 0.391. The molecule has 3 aromatic rings. The van der Waals surface area contributed by atoms with Crippen LogP contribution < -0.4 is 14.8 Å². The number of hydrogen-bond donors (Lipinski definition) is 1. The first-order valence-electron chi connectivity index (χ1n) is 11.0. The molecule has 0 aliphatic carbocycles. The van der Waals surface area contributed by atoms with Gasteiger partial charge in [0.15, 0.2) is 17.3 Å². The van der Waals surface area contributed by atoms with Gasteiger partial charge in [0.2, 0.25) is 0 Å². The van der Waals surface area contributed by atoms with Crippen molar-refractivity contribution >= 4 is 11.7 Å². The van der Waals surface area contributed by atoms with Crippen LogP contribution in [0.3, 0.4) is 0 Å². The Balaban J connectivity index is 1.32. The Morgan fingerprint density at radius 3 is 2.88 bits per heavy atom. The van der Waals surface area contributed by atoms with E-state index in [2.05, 4.69) is 25.4 Å². The molecular formula is C23H25FN6O3. The minimum absolute atomic E-state index is 0.143. The summed E-state index contributed by atoms with van der Waals surface area (Å²) in [5, 5.41) is 10.7. The van der Waals surface area contributed by atoms with Crippen LogP contribution in [0.2, 0.25) is 0 Å². The molecule has 0 saturated carbocycles. The minimum atomic E-state index is -0.685. The van der Waals surface area contributed by atoms with Crippen LogP contribution in [0.1, 0.15) is 36.7 Å². The first-order chi connectivity index (χ1) is 16.0. The van der Waals surface area contributed by atoms with E-state index in [1.54, 1.807) is 24.5 Å². The average molecular weight is 452 g/mol. The van der Waals surface area contributed by atoms with Crippen LogP contribution in [0.4, 0.5) is 10.2 Å². The summed E-state index contributed by atoms with van der Waals surface area (Å²) in [4.78, 5) is 19.5. The standard InChI is InChI=1S/C23H25FN6O3/c1-14(2)30-13-25-28-22(30)18-5-3-6-21(26-18)27-23(31)16-9-19-20(10-17(16)24)33-15(12-32-19)11-29-7-4-8-29/h3,5-6,9-10,13-15H,4,7-8,11-12H2,1-2H3,(H,26,27,31). The zero-order valence-electron chi connectivity index (χ0n) is 18.5. The summed E-state index contributed by atoms with van der Waals surface area (Å²) in [5.41, 5.74) is 0.408. The third kappa shape index (κ3) is 4.38. The van der Waals surface area contributed by atoms with Crippen LogP contribution >= 0.6 is 0 Å². The molecule has 1 saturated heterocycles. The number of anilines is 1. The number of fused-ring (bicyclic) bond motifs is 1. The molecule has 2 aliphatic rings. The number of aromatic nitrogens is 4. The fourth-order valence-electron chi connectivity index (χ4n) is 3.87. The predicted molar refractivity (Wildman–Crippen MR) is 119 cm³/mol. The number of nitrogens with one attached hydrogen (secondary N) is 1. The van der Waals surface area contributed by atoms with Crippen molar-refractivity contribution in [3.8, 4) is 23.0 Å². The van der Waals surface area contributed by atoms with Crippen LogP contribution in [0.15, 0.2) is 36.7 Å². The van der Waals surface area contributed by atoms with Crippen LogP contribution in [0.25, 0.3) is 11.5 Å². The molecule has 1 unspecified atom stereocenters. The maximum atomic E-state index is 14.8. The number of benzene rings is 1. The lowest BCUT2D eigenvalue weighted by molar-refractivity contribution is 0.0399. The van der Waals surface area contributed by atoms with Gasteiger partial charge in [-0.15, -0.1) is 10.2 Å². The van der Waals surface area contributed by atoms with Gasteiger partial charge in [-0.05, 0) is 51.6 Å². The Morgan fingerprint density at radius 1 is 1.27 bits per heavy atom. The van der Waals surface area contributed by atoms with Crippen molar-refractivity contribution in [3.05, 3.63) is 48.0 Å². The van der Waals surface area contributed by atoms with Gasteiger partial charge in [0.05, 0.1) is 5.56 Å². The second-order valence-corrected chi connectivity index (χ2v) is 8.50. The summed E-state index contributed by atoms with van der Waals surface area (Å²) < 4.78 is 28.3. The van der Waals surface area contributed by atoms with Gasteiger partial charge in [0.1, 0.15) is 36.4 Å². The molecule has 9 nitrogen and oxygen atoms in total. The third-order valence-corrected chi connectivity index (χ3v) is 5.76. The first-order valence-corrected chi connectivity index (χ1v) is 11.0. The molecule has 4 heterocycles. The van der Waals surface area contributed by atoms with E-state index in [1.165, 1.54) is 18.6 Å². The van der Waals surface area contributed by atoms with E-state index in [9.17, 15) is 9.18 Å². The van der Waals surface area contributed by atoms with Crippen molar-refractivity contribution in [2.75, 3.05) is 31.6 Å². The molecule has 1 N–H and O–H groups in total. The van der Waals surface area contributed by atoms with Gasteiger partial charge >= 0.3 is 0 Å². The van der Waals surface area contributed by atoms with Gasteiger partial charge in [-0.3, -0.25) is 9.69 Å². The summed E-state index contributed by atoms with van der Waals surface area (Å²) in [7, 11) is 0. The smallest absolute Gasteiger partial charge is 0.259 e. The maximum absolute atomic E-state index is 14.8. The van der Waals surface area contributed by atoms with Crippen molar-refractivity contribution < 1.29 is 18.7 Å². The lowest BCUT2D eigenvalue weighted by atomic mass is 10.1. The molecule has 33 heavy (non-hydrogen) atoms. The quantitative estimate of drug-likeness (QED) is 0.614. The molecule has 1 aromatic carbocycles. The minimum Gasteiger partial charge on any atom is -0.486 e. The van der Waals surface area contributed by atoms with E-state index >= 15 is 0 Å². The second kappa shape index (κ2) is 8.78. The number of amides is 1. The molecule has 2 aliphatic heterocycles. The van der Waals surface area contributed by atoms with Crippen molar-refractivity contribution in [3.63, 3.8) is 0 Å². The summed E-state index contributed by atoms with van der Waals surface area (Å²) in [6.07, 6.45) is 2.66. The van der Waals surface area contributed by atoms with Gasteiger partial charge in [-0.1, -0.05) is 6.07 Å². The number of rotatable bonds is 6. The zero-order valence-corrected chi connectivity index (χ0v) is 18.5. The van der Waals surface area contributed by atoms with Gasteiger partial charge in [-0.25, -0.2) is 9.37 Å². The van der Waals surface area contributed by atoms with Crippen LogP contribution in [0.5, 0.6) is 11.5 Å². The average Bonchev–Trinajstić information content (AvgIpc) is 3.26. The largest absolute Gasteiger partial charge is 0.486 e. The van der Waals surface area contributed by atoms with Crippen molar-refractivity contribution in [1.29, 1.82) is 0 Å². The summed E-state index contributed by atoms with van der Waals surface area (Å²) in [5.74, 6) is 0.216. The molecular weight excluding hydrogens is 427 g/mol. The molecule has 0 radical (unpaired) electrons. The fourth-order valence-corrected chi connectivity index (χ4v) is 3.87. The highest BCUT2D eigenvalue weighted by Crippen LogP contribution is 2.35. The lowest BCUT2D eigenvalue weighted by Crippen LogP contribution is -2.46. The Bertz CT molecular complexity index is 1180. The van der Waals surface area contributed by atoms with E-state index < -0.39 is 11.7 Å². The van der Waals surface area contributed by atoms with Crippen molar-refractivity contribution in [2.45, 2.75) is 32.4 Å². The number of pyridine rings is 1. The zero-order chi connectivity index (χ0) is 22.9. The molecule has 1 atom stereocenters. The maximum Gasteiger partial charge on any atom is 0.259 e. The van der Waals surface area contributed by atoms with Crippen LogP contribution in [-0.4, -0.2) is 62.9 Å². The lowest BCUT2D eigenvalue weighted by Gasteiger charge is -2.35. The highest BCUT2D eigenvalue weighted by atomic mass is 19.1. The molecule has 0 bridgehead atoms. The molecule has 10 heteroatoms. The molecule has 0 spiro atoms. The predicted octanol–water partition coefficient (Wildman–Crippen LogP) is 3.16. The summed E-state index contributed by atoms with van der Waals surface area (Å²) >= 11 is 0. The second-order valence-electron chi connectivity index (χ2n) is 8.50. The van der Waals surface area contributed by atoms with E-state index in [4.69, 9.17) is 9.47 Å². The monoisotopic (exact) mass is 452 g/mol. The topological polar surface area (TPSA) is 94.4 Å². The Morgan fingerprint density at radius 2 is 2.12 bits per heavy atom. The number of carbonyl (C=O) groups excluding carboxylic acids is 1. The molecule has 5 rings (SSSR count). The number of hydrogen-bond acceptors (Lipinski definition) is 7. The number of likely N-dealkylation sites (tertiary alicyclic amines) is 1. The number of halogens is 1. The Hall–Kier alpha value is -3.53. The van der Waals surface area contributed by atoms with Crippen LogP contribution in [-0.2, 0) is 0 Å². The molecule has 1 fully saturated rings.